The van der Waals surface area contributed by atoms with Crippen molar-refractivity contribution in [3.05, 3.63) is 94.6 Å². The molecule has 2 heterocycles. The molecule has 0 spiro atoms. The minimum absolute atomic E-state index is 0.0210. The highest BCUT2D eigenvalue weighted by molar-refractivity contribution is 6.52. The van der Waals surface area contributed by atoms with Crippen LogP contribution in [0.4, 0.5) is 5.69 Å². The number of methoxy groups -OCH3 is 1. The summed E-state index contributed by atoms with van der Waals surface area (Å²) in [5.74, 6) is -0.822. The van der Waals surface area contributed by atoms with Gasteiger partial charge in [0.25, 0.3) is 11.7 Å². The van der Waals surface area contributed by atoms with Crippen molar-refractivity contribution in [1.82, 2.24) is 4.98 Å². The molecular weight excluding hydrogens is 480 g/mol. The molecule has 0 radical (unpaired) electrons. The number of fused-ring (bicyclic) bond motifs is 1. The van der Waals surface area contributed by atoms with E-state index < -0.39 is 17.7 Å². The Labute approximate surface area is 212 Å². The number of benzene rings is 3. The molecule has 0 aliphatic carbocycles. The molecule has 1 aliphatic heterocycles. The number of para-hydroxylation sites is 1. The molecule has 7 nitrogen and oxygen atoms in total. The molecule has 182 valence electrons. The van der Waals surface area contributed by atoms with E-state index in [1.165, 1.54) is 12.0 Å². The third-order valence-electron chi connectivity index (χ3n) is 6.20. The Morgan fingerprint density at radius 1 is 1.06 bits per heavy atom. The molecule has 1 fully saturated rings. The van der Waals surface area contributed by atoms with Crippen LogP contribution in [0, 0.1) is 0 Å². The lowest BCUT2D eigenvalue weighted by Gasteiger charge is -2.26. The number of Topliss-reactive ketones (excluding diaryl/α,β-unsaturated/α-hetero) is 1. The predicted octanol–water partition coefficient (Wildman–Crippen LogP) is 5.85. The van der Waals surface area contributed by atoms with E-state index in [4.69, 9.17) is 21.1 Å². The Morgan fingerprint density at radius 2 is 1.81 bits per heavy atom. The molecular formula is C28H23ClN2O5. The summed E-state index contributed by atoms with van der Waals surface area (Å²) < 4.78 is 11.2. The number of ether oxygens (including phenoxy) is 2. The maximum Gasteiger partial charge on any atom is 0.300 e. The number of H-pyrrole nitrogens is 1. The quantitative estimate of drug-likeness (QED) is 0.196. The number of ketones is 1. The minimum Gasteiger partial charge on any atom is -0.507 e. The number of aliphatic hydroxyl groups excluding tert-OH is 1. The Balaban J connectivity index is 1.76. The zero-order chi connectivity index (χ0) is 25.4. The van der Waals surface area contributed by atoms with Crippen molar-refractivity contribution in [2.45, 2.75) is 13.0 Å². The van der Waals surface area contributed by atoms with Crippen molar-refractivity contribution >= 4 is 45.6 Å². The first-order valence-corrected chi connectivity index (χ1v) is 11.8. The summed E-state index contributed by atoms with van der Waals surface area (Å²) in [4.78, 5) is 31.3. The van der Waals surface area contributed by atoms with Crippen molar-refractivity contribution < 1.29 is 24.2 Å². The molecule has 1 aromatic heterocycles. The number of nitrogens with zero attached hydrogens (tertiary/aromatic N) is 1. The van der Waals surface area contributed by atoms with Gasteiger partial charge in [-0.2, -0.15) is 0 Å². The van der Waals surface area contributed by atoms with Gasteiger partial charge in [0, 0.05) is 33.4 Å². The van der Waals surface area contributed by atoms with E-state index in [1.54, 1.807) is 48.7 Å². The summed E-state index contributed by atoms with van der Waals surface area (Å²) in [6.45, 7) is 2.25. The standard InChI is InChI=1S/C28H23ClN2O5/c1-3-36-23-14-16(8-13-22(23)35-2)25-24(26(32)20-15-30-21-7-5-4-6-19(20)21)27(33)28(34)31(25)18-11-9-17(29)10-12-18/h4-15,25,30,32H,3H2,1-2H3/b26-24-. The summed E-state index contributed by atoms with van der Waals surface area (Å²) in [7, 11) is 1.54. The van der Waals surface area contributed by atoms with Gasteiger partial charge in [0.15, 0.2) is 11.5 Å². The predicted molar refractivity (Wildman–Crippen MR) is 139 cm³/mol. The number of hydrogen-bond acceptors (Lipinski definition) is 5. The average Bonchev–Trinajstić information content (AvgIpc) is 3.43. The van der Waals surface area contributed by atoms with Gasteiger partial charge in [0.05, 0.1) is 25.3 Å². The van der Waals surface area contributed by atoms with Gasteiger partial charge in [-0.15, -0.1) is 0 Å². The second-order valence-electron chi connectivity index (χ2n) is 8.24. The Kier molecular flexibility index (Phi) is 6.16. The maximum absolute atomic E-state index is 13.4. The molecule has 4 aromatic rings. The van der Waals surface area contributed by atoms with Gasteiger partial charge in [-0.1, -0.05) is 35.9 Å². The van der Waals surface area contributed by atoms with Gasteiger partial charge in [-0.05, 0) is 55.0 Å². The number of hydrogen-bond donors (Lipinski definition) is 2. The van der Waals surface area contributed by atoms with E-state index in [2.05, 4.69) is 4.98 Å². The number of nitrogens with one attached hydrogen (secondary N) is 1. The number of aromatic nitrogens is 1. The third-order valence-corrected chi connectivity index (χ3v) is 6.45. The van der Waals surface area contributed by atoms with Gasteiger partial charge < -0.3 is 19.6 Å². The molecule has 0 bridgehead atoms. The van der Waals surface area contributed by atoms with E-state index in [0.717, 1.165) is 10.9 Å². The molecule has 1 atom stereocenters. The highest BCUT2D eigenvalue weighted by Crippen LogP contribution is 2.45. The van der Waals surface area contributed by atoms with Gasteiger partial charge >= 0.3 is 0 Å². The fraction of sp³-hybridized carbons (Fsp3) is 0.143. The zero-order valence-corrected chi connectivity index (χ0v) is 20.4. The van der Waals surface area contributed by atoms with Crippen molar-refractivity contribution in [2.75, 3.05) is 18.6 Å². The summed E-state index contributed by atoms with van der Waals surface area (Å²) >= 11 is 6.07. The van der Waals surface area contributed by atoms with Crippen molar-refractivity contribution in [1.29, 1.82) is 0 Å². The minimum atomic E-state index is -0.912. The molecule has 5 rings (SSSR count). The lowest BCUT2D eigenvalue weighted by molar-refractivity contribution is -0.132. The van der Waals surface area contributed by atoms with E-state index in [0.29, 0.717) is 39.9 Å². The van der Waals surface area contributed by atoms with Crippen LogP contribution in [0.15, 0.2) is 78.5 Å². The number of carbonyl (C=O) groups is 2. The van der Waals surface area contributed by atoms with Crippen molar-refractivity contribution in [3.8, 4) is 11.5 Å². The van der Waals surface area contributed by atoms with Gasteiger partial charge in [0.2, 0.25) is 0 Å². The summed E-state index contributed by atoms with van der Waals surface area (Å²) in [6, 6.07) is 18.3. The number of rotatable bonds is 6. The number of amides is 1. The SMILES string of the molecule is CCOc1cc(C2/C(=C(/O)c3c[nH]c4ccccc34)C(=O)C(=O)N2c2ccc(Cl)cc2)ccc1OC. The second kappa shape index (κ2) is 9.43. The number of halogens is 1. The van der Waals surface area contributed by atoms with Crippen LogP contribution in [0.3, 0.4) is 0 Å². The van der Waals surface area contributed by atoms with E-state index >= 15 is 0 Å². The summed E-state index contributed by atoms with van der Waals surface area (Å²) in [5.41, 5.74) is 2.26. The van der Waals surface area contributed by atoms with Crippen LogP contribution >= 0.6 is 11.6 Å². The number of aromatic amines is 1. The number of aliphatic hydroxyl groups is 1. The molecule has 8 heteroatoms. The lowest BCUT2D eigenvalue weighted by Crippen LogP contribution is -2.29. The van der Waals surface area contributed by atoms with E-state index in [1.807, 2.05) is 31.2 Å². The highest BCUT2D eigenvalue weighted by atomic mass is 35.5. The number of carbonyl (C=O) groups excluding carboxylic acids is 2. The largest absolute Gasteiger partial charge is 0.507 e. The first-order valence-electron chi connectivity index (χ1n) is 11.4. The summed E-state index contributed by atoms with van der Waals surface area (Å²) in [6.07, 6.45) is 1.63. The average molecular weight is 503 g/mol. The molecule has 1 amide bonds. The van der Waals surface area contributed by atoms with Crippen molar-refractivity contribution in [2.24, 2.45) is 0 Å². The molecule has 2 N–H and O–H groups in total. The Bertz CT molecular complexity index is 1510. The van der Waals surface area contributed by atoms with E-state index in [-0.39, 0.29) is 11.3 Å². The normalized spacial score (nSPS) is 17.1. The molecule has 1 saturated heterocycles. The van der Waals surface area contributed by atoms with Gasteiger partial charge in [0.1, 0.15) is 5.76 Å². The van der Waals surface area contributed by atoms with E-state index in [9.17, 15) is 14.7 Å². The first-order chi connectivity index (χ1) is 17.4. The number of anilines is 1. The van der Waals surface area contributed by atoms with Crippen LogP contribution in [0.25, 0.3) is 16.7 Å². The highest BCUT2D eigenvalue weighted by Gasteiger charge is 2.47. The summed E-state index contributed by atoms with van der Waals surface area (Å²) in [5, 5.41) is 12.7. The zero-order valence-electron chi connectivity index (χ0n) is 19.6. The first kappa shape index (κ1) is 23.5. The van der Waals surface area contributed by atoms with Gasteiger partial charge in [-0.3, -0.25) is 14.5 Å². The molecule has 1 aliphatic rings. The lowest BCUT2D eigenvalue weighted by atomic mass is 9.94. The maximum atomic E-state index is 13.4. The smallest absolute Gasteiger partial charge is 0.300 e. The van der Waals surface area contributed by atoms with Crippen molar-refractivity contribution in [3.63, 3.8) is 0 Å². The Hall–Kier alpha value is -4.23. The van der Waals surface area contributed by atoms with Gasteiger partial charge in [-0.25, -0.2) is 0 Å². The van der Waals surface area contributed by atoms with Crippen LogP contribution in [-0.2, 0) is 9.59 Å². The van der Waals surface area contributed by atoms with Crippen LogP contribution in [0.1, 0.15) is 24.1 Å². The fourth-order valence-corrected chi connectivity index (χ4v) is 4.69. The monoisotopic (exact) mass is 502 g/mol. The third kappa shape index (κ3) is 3.87. The topological polar surface area (TPSA) is 91.9 Å². The Morgan fingerprint density at radius 3 is 2.53 bits per heavy atom. The molecule has 1 unspecified atom stereocenters. The van der Waals surface area contributed by atoms with Crippen LogP contribution in [0.2, 0.25) is 5.02 Å². The van der Waals surface area contributed by atoms with Crippen LogP contribution < -0.4 is 14.4 Å². The van der Waals surface area contributed by atoms with Crippen LogP contribution in [-0.4, -0.2) is 35.5 Å². The molecule has 36 heavy (non-hydrogen) atoms. The molecule has 3 aromatic carbocycles. The fourth-order valence-electron chi connectivity index (χ4n) is 4.56. The molecule has 0 saturated carbocycles. The van der Waals surface area contributed by atoms with Crippen LogP contribution in [0.5, 0.6) is 11.5 Å². The second-order valence-corrected chi connectivity index (χ2v) is 8.67.